The van der Waals surface area contributed by atoms with Gasteiger partial charge in [-0.1, -0.05) is 18.9 Å². The van der Waals surface area contributed by atoms with Gasteiger partial charge in [-0.3, -0.25) is 0 Å². The van der Waals surface area contributed by atoms with Crippen LogP contribution in [0.5, 0.6) is 0 Å². The van der Waals surface area contributed by atoms with Gasteiger partial charge in [-0.05, 0) is 30.5 Å². The fourth-order valence-corrected chi connectivity index (χ4v) is 3.56. The number of hydrogen-bond donors (Lipinski definition) is 1. The van der Waals surface area contributed by atoms with Crippen LogP contribution in [0, 0.1) is 0 Å². The van der Waals surface area contributed by atoms with Crippen LogP contribution < -0.4 is 5.32 Å². The molecular formula is C16H21N3. The highest BCUT2D eigenvalue weighted by Crippen LogP contribution is 2.35. The smallest absolute Gasteiger partial charge is 0.112 e. The van der Waals surface area contributed by atoms with Crippen LogP contribution in [0.3, 0.4) is 0 Å². The summed E-state index contributed by atoms with van der Waals surface area (Å²) in [4.78, 5) is 4.94. The Morgan fingerprint density at radius 1 is 1.16 bits per heavy atom. The molecule has 1 aliphatic heterocycles. The van der Waals surface area contributed by atoms with Crippen LogP contribution in [0.4, 0.5) is 0 Å². The summed E-state index contributed by atoms with van der Waals surface area (Å²) >= 11 is 0. The summed E-state index contributed by atoms with van der Waals surface area (Å²) in [5, 5.41) is 3.34. The van der Waals surface area contributed by atoms with Crippen molar-refractivity contribution >= 4 is 11.0 Å². The van der Waals surface area contributed by atoms with Gasteiger partial charge in [0.25, 0.3) is 0 Å². The molecule has 0 radical (unpaired) electrons. The first-order chi connectivity index (χ1) is 9.33. The summed E-state index contributed by atoms with van der Waals surface area (Å²) in [5.41, 5.74) is 3.93. The quantitative estimate of drug-likeness (QED) is 0.894. The summed E-state index contributed by atoms with van der Waals surface area (Å²) in [7, 11) is 2.17. The summed E-state index contributed by atoms with van der Waals surface area (Å²) < 4.78 is 2.31. The van der Waals surface area contributed by atoms with Crippen LogP contribution in [0.1, 0.15) is 48.9 Å². The topological polar surface area (TPSA) is 29.9 Å². The molecule has 0 spiro atoms. The van der Waals surface area contributed by atoms with Gasteiger partial charge in [0.15, 0.2) is 0 Å². The Labute approximate surface area is 114 Å². The average molecular weight is 255 g/mol. The van der Waals surface area contributed by atoms with Crippen molar-refractivity contribution in [1.29, 1.82) is 0 Å². The Morgan fingerprint density at radius 3 is 2.63 bits per heavy atom. The van der Waals surface area contributed by atoms with E-state index in [2.05, 4.69) is 35.1 Å². The second-order valence-electron chi connectivity index (χ2n) is 6.11. The SMILES string of the molecule is Cn1c(C2CCCC2)nc2cc(C3CNC3)ccc21. The Morgan fingerprint density at radius 2 is 1.95 bits per heavy atom. The molecule has 0 unspecified atom stereocenters. The lowest BCUT2D eigenvalue weighted by molar-refractivity contribution is 0.448. The van der Waals surface area contributed by atoms with Crippen LogP contribution in [0.25, 0.3) is 11.0 Å². The van der Waals surface area contributed by atoms with Gasteiger partial charge in [0, 0.05) is 32.0 Å². The van der Waals surface area contributed by atoms with Crippen molar-refractivity contribution in [3.63, 3.8) is 0 Å². The van der Waals surface area contributed by atoms with Gasteiger partial charge >= 0.3 is 0 Å². The summed E-state index contributed by atoms with van der Waals surface area (Å²) in [5.74, 6) is 2.68. The van der Waals surface area contributed by atoms with Crippen molar-refractivity contribution in [3.05, 3.63) is 29.6 Å². The molecule has 1 saturated carbocycles. The van der Waals surface area contributed by atoms with Gasteiger partial charge in [0.1, 0.15) is 5.82 Å². The van der Waals surface area contributed by atoms with Crippen LogP contribution in [0.15, 0.2) is 18.2 Å². The zero-order chi connectivity index (χ0) is 12.8. The van der Waals surface area contributed by atoms with Crippen molar-refractivity contribution in [2.75, 3.05) is 13.1 Å². The summed E-state index contributed by atoms with van der Waals surface area (Å²) in [6, 6.07) is 6.85. The number of rotatable bonds is 2. The minimum absolute atomic E-state index is 0.686. The van der Waals surface area contributed by atoms with Gasteiger partial charge < -0.3 is 9.88 Å². The van der Waals surface area contributed by atoms with Crippen molar-refractivity contribution in [3.8, 4) is 0 Å². The van der Waals surface area contributed by atoms with Crippen LogP contribution in [0.2, 0.25) is 0 Å². The van der Waals surface area contributed by atoms with Crippen molar-refractivity contribution in [2.24, 2.45) is 7.05 Å². The molecule has 0 atom stereocenters. The molecule has 1 saturated heterocycles. The fourth-order valence-electron chi connectivity index (χ4n) is 3.56. The molecule has 3 nitrogen and oxygen atoms in total. The first-order valence-electron chi connectivity index (χ1n) is 7.50. The maximum Gasteiger partial charge on any atom is 0.112 e. The molecule has 2 aromatic rings. The van der Waals surface area contributed by atoms with E-state index in [-0.39, 0.29) is 0 Å². The van der Waals surface area contributed by atoms with E-state index in [0.29, 0.717) is 11.8 Å². The molecule has 100 valence electrons. The molecule has 1 aliphatic carbocycles. The Kier molecular flexibility index (Phi) is 2.62. The molecule has 1 aromatic heterocycles. The highest BCUT2D eigenvalue weighted by atomic mass is 15.1. The lowest BCUT2D eigenvalue weighted by Crippen LogP contribution is -2.39. The van der Waals surface area contributed by atoms with E-state index in [0.717, 1.165) is 13.1 Å². The number of aromatic nitrogens is 2. The fraction of sp³-hybridized carbons (Fsp3) is 0.562. The second kappa shape index (κ2) is 4.34. The van der Waals surface area contributed by atoms with E-state index in [1.165, 1.54) is 48.1 Å². The third kappa shape index (κ3) is 1.79. The van der Waals surface area contributed by atoms with Gasteiger partial charge in [0.05, 0.1) is 11.0 Å². The summed E-state index contributed by atoms with van der Waals surface area (Å²) in [6.45, 7) is 2.24. The molecule has 2 aliphatic rings. The van der Waals surface area contributed by atoms with Gasteiger partial charge in [-0.15, -0.1) is 0 Å². The number of nitrogens with zero attached hydrogens (tertiary/aromatic N) is 2. The van der Waals surface area contributed by atoms with E-state index in [9.17, 15) is 0 Å². The van der Waals surface area contributed by atoms with Crippen LogP contribution in [-0.4, -0.2) is 22.6 Å². The minimum Gasteiger partial charge on any atom is -0.331 e. The lowest BCUT2D eigenvalue weighted by atomic mass is 9.93. The van der Waals surface area contributed by atoms with Crippen molar-refractivity contribution in [1.82, 2.24) is 14.9 Å². The average Bonchev–Trinajstić information content (AvgIpc) is 2.95. The molecule has 1 N–H and O–H groups in total. The lowest BCUT2D eigenvalue weighted by Gasteiger charge is -2.27. The molecule has 0 amide bonds. The molecule has 2 fully saturated rings. The standard InChI is InChI=1S/C16H21N3/c1-19-15-7-6-12(13-9-17-10-13)8-14(15)18-16(19)11-4-2-3-5-11/h6-8,11,13,17H,2-5,9-10H2,1H3. The number of imidazole rings is 1. The monoisotopic (exact) mass is 255 g/mol. The third-order valence-corrected chi connectivity index (χ3v) is 4.91. The van der Waals surface area contributed by atoms with Crippen LogP contribution in [-0.2, 0) is 7.05 Å². The van der Waals surface area contributed by atoms with E-state index in [1.807, 2.05) is 0 Å². The molecular weight excluding hydrogens is 234 g/mol. The normalized spacial score (nSPS) is 21.1. The van der Waals surface area contributed by atoms with Crippen molar-refractivity contribution < 1.29 is 0 Å². The van der Waals surface area contributed by atoms with Crippen LogP contribution >= 0.6 is 0 Å². The van der Waals surface area contributed by atoms with E-state index >= 15 is 0 Å². The second-order valence-corrected chi connectivity index (χ2v) is 6.11. The van der Waals surface area contributed by atoms with Crippen molar-refractivity contribution in [2.45, 2.75) is 37.5 Å². The van der Waals surface area contributed by atoms with E-state index in [4.69, 9.17) is 4.98 Å². The number of aryl methyl sites for hydroxylation is 1. The molecule has 4 rings (SSSR count). The Bertz CT molecular complexity index is 604. The molecule has 19 heavy (non-hydrogen) atoms. The predicted octanol–water partition coefficient (Wildman–Crippen LogP) is 2.92. The number of nitrogens with one attached hydrogen (secondary N) is 1. The maximum atomic E-state index is 4.94. The number of hydrogen-bond acceptors (Lipinski definition) is 2. The molecule has 0 bridgehead atoms. The Balaban J connectivity index is 1.76. The maximum absolute atomic E-state index is 4.94. The molecule has 1 aromatic carbocycles. The molecule has 2 heterocycles. The third-order valence-electron chi connectivity index (χ3n) is 4.91. The highest BCUT2D eigenvalue weighted by molar-refractivity contribution is 5.77. The Hall–Kier alpha value is -1.35. The molecule has 3 heteroatoms. The predicted molar refractivity (Wildman–Crippen MR) is 77.5 cm³/mol. The number of benzene rings is 1. The number of fused-ring (bicyclic) bond motifs is 1. The van der Waals surface area contributed by atoms with Gasteiger partial charge in [0.2, 0.25) is 0 Å². The minimum atomic E-state index is 0.686. The first kappa shape index (κ1) is 11.5. The highest BCUT2D eigenvalue weighted by Gasteiger charge is 2.24. The largest absolute Gasteiger partial charge is 0.331 e. The van der Waals surface area contributed by atoms with Gasteiger partial charge in [-0.2, -0.15) is 0 Å². The first-order valence-corrected chi connectivity index (χ1v) is 7.50. The zero-order valence-corrected chi connectivity index (χ0v) is 11.5. The summed E-state index contributed by atoms with van der Waals surface area (Å²) in [6.07, 6.45) is 5.37. The van der Waals surface area contributed by atoms with E-state index < -0.39 is 0 Å². The van der Waals surface area contributed by atoms with Gasteiger partial charge in [-0.25, -0.2) is 4.98 Å². The zero-order valence-electron chi connectivity index (χ0n) is 11.5. The van der Waals surface area contributed by atoms with E-state index in [1.54, 1.807) is 0 Å².